The predicted octanol–water partition coefficient (Wildman–Crippen LogP) is 6.54. The first-order chi connectivity index (χ1) is 10.0. The maximum atomic E-state index is 6.17. The molecule has 0 unspecified atom stereocenters. The van der Waals surface area contributed by atoms with Crippen molar-refractivity contribution in [3.05, 3.63) is 69.7 Å². The highest BCUT2D eigenvalue weighted by Gasteiger charge is 2.09. The summed E-state index contributed by atoms with van der Waals surface area (Å²) in [5.74, 6) is 1.59. The van der Waals surface area contributed by atoms with E-state index < -0.39 is 0 Å². The smallest absolute Gasteiger partial charge is 0.134 e. The molecule has 1 aromatic heterocycles. The molecule has 21 heavy (non-hydrogen) atoms. The lowest BCUT2D eigenvalue weighted by molar-refractivity contribution is 0.597. The molecule has 0 aliphatic rings. The summed E-state index contributed by atoms with van der Waals surface area (Å²) in [6.07, 6.45) is 0. The third-order valence-electron chi connectivity index (χ3n) is 3.52. The van der Waals surface area contributed by atoms with Crippen LogP contribution in [0, 0.1) is 13.8 Å². The second-order valence-electron chi connectivity index (χ2n) is 5.09. The van der Waals surface area contributed by atoms with Crippen molar-refractivity contribution in [3.8, 4) is 22.6 Å². The Bertz CT molecular complexity index is 737. The van der Waals surface area contributed by atoms with Gasteiger partial charge in [-0.15, -0.1) is 0 Å². The van der Waals surface area contributed by atoms with Gasteiger partial charge in [-0.1, -0.05) is 47.5 Å². The molecule has 106 valence electrons. The highest BCUT2D eigenvalue weighted by atomic mass is 35.5. The largest absolute Gasteiger partial charge is 0.456 e. The summed E-state index contributed by atoms with van der Waals surface area (Å²) in [5.41, 5.74) is 4.04. The molecule has 0 radical (unpaired) electrons. The van der Waals surface area contributed by atoms with Crippen LogP contribution in [0.25, 0.3) is 22.6 Å². The number of rotatable bonds is 2. The molecular weight excluding hydrogens is 303 g/mol. The molecule has 0 spiro atoms. The third kappa shape index (κ3) is 2.85. The van der Waals surface area contributed by atoms with Crippen LogP contribution in [-0.2, 0) is 0 Å². The maximum Gasteiger partial charge on any atom is 0.134 e. The van der Waals surface area contributed by atoms with E-state index in [-0.39, 0.29) is 0 Å². The Hall–Kier alpha value is -1.70. The molecule has 0 aliphatic carbocycles. The quantitative estimate of drug-likeness (QED) is 0.523. The number of hydrogen-bond acceptors (Lipinski definition) is 1. The molecule has 2 aromatic carbocycles. The van der Waals surface area contributed by atoms with Gasteiger partial charge in [0.15, 0.2) is 0 Å². The van der Waals surface area contributed by atoms with Gasteiger partial charge < -0.3 is 4.42 Å². The highest BCUT2D eigenvalue weighted by molar-refractivity contribution is 6.32. The van der Waals surface area contributed by atoms with Crippen LogP contribution in [0.15, 0.2) is 52.9 Å². The molecule has 3 rings (SSSR count). The zero-order valence-electron chi connectivity index (χ0n) is 11.8. The Morgan fingerprint density at radius 1 is 0.667 bits per heavy atom. The first-order valence-electron chi connectivity index (χ1n) is 6.67. The van der Waals surface area contributed by atoms with Gasteiger partial charge in [0, 0.05) is 21.2 Å². The first kappa shape index (κ1) is 14.2. The van der Waals surface area contributed by atoms with Crippen LogP contribution in [0.2, 0.25) is 10.0 Å². The zero-order valence-corrected chi connectivity index (χ0v) is 13.3. The van der Waals surface area contributed by atoms with E-state index in [1.807, 2.05) is 62.4 Å². The monoisotopic (exact) mass is 316 g/mol. The topological polar surface area (TPSA) is 13.1 Å². The summed E-state index contributed by atoms with van der Waals surface area (Å²) in [6, 6.07) is 15.7. The molecule has 1 heterocycles. The fourth-order valence-electron chi connectivity index (χ4n) is 2.14. The van der Waals surface area contributed by atoms with E-state index in [2.05, 4.69) is 0 Å². The van der Waals surface area contributed by atoms with Crippen molar-refractivity contribution in [3.63, 3.8) is 0 Å². The minimum atomic E-state index is 0.740. The van der Waals surface area contributed by atoms with Crippen molar-refractivity contribution >= 4 is 23.2 Å². The van der Waals surface area contributed by atoms with Crippen LogP contribution in [0.5, 0.6) is 0 Å². The van der Waals surface area contributed by atoms with Gasteiger partial charge in [0.1, 0.15) is 11.5 Å². The molecule has 0 bridgehead atoms. The normalized spacial score (nSPS) is 10.9. The Morgan fingerprint density at radius 3 is 1.48 bits per heavy atom. The Labute approximate surface area is 134 Å². The molecule has 0 saturated heterocycles. The standard InChI is InChI=1S/C18H14Cl2O/c1-11-3-5-13(9-15(11)19)17-7-8-18(21-17)14-6-4-12(2)16(20)10-14/h3-10H,1-2H3. The van der Waals surface area contributed by atoms with Crippen LogP contribution < -0.4 is 0 Å². The molecule has 0 atom stereocenters. The number of halogens is 2. The zero-order chi connectivity index (χ0) is 15.0. The van der Waals surface area contributed by atoms with Gasteiger partial charge in [-0.05, 0) is 49.2 Å². The minimum absolute atomic E-state index is 0.740. The summed E-state index contributed by atoms with van der Waals surface area (Å²) >= 11 is 12.3. The number of furan rings is 1. The van der Waals surface area contributed by atoms with E-state index in [1.165, 1.54) is 0 Å². The van der Waals surface area contributed by atoms with Gasteiger partial charge in [0.25, 0.3) is 0 Å². The van der Waals surface area contributed by atoms with Gasteiger partial charge in [-0.25, -0.2) is 0 Å². The molecule has 0 amide bonds. The van der Waals surface area contributed by atoms with Crippen LogP contribution in [0.1, 0.15) is 11.1 Å². The second kappa shape index (κ2) is 5.59. The maximum absolute atomic E-state index is 6.17. The SMILES string of the molecule is Cc1ccc(-c2ccc(-c3ccc(C)c(Cl)c3)o2)cc1Cl. The van der Waals surface area contributed by atoms with Crippen LogP contribution in [-0.4, -0.2) is 0 Å². The van der Waals surface area contributed by atoms with E-state index in [9.17, 15) is 0 Å². The molecule has 0 fully saturated rings. The highest BCUT2D eigenvalue weighted by Crippen LogP contribution is 2.32. The summed E-state index contributed by atoms with van der Waals surface area (Å²) in [4.78, 5) is 0. The van der Waals surface area contributed by atoms with Crippen LogP contribution in [0.4, 0.5) is 0 Å². The van der Waals surface area contributed by atoms with Gasteiger partial charge in [0.05, 0.1) is 0 Å². The summed E-state index contributed by atoms with van der Waals surface area (Å²) < 4.78 is 5.93. The summed E-state index contributed by atoms with van der Waals surface area (Å²) in [5, 5.41) is 1.48. The van der Waals surface area contributed by atoms with E-state index in [0.717, 1.165) is 43.8 Å². The Morgan fingerprint density at radius 2 is 1.10 bits per heavy atom. The van der Waals surface area contributed by atoms with Crippen LogP contribution >= 0.6 is 23.2 Å². The van der Waals surface area contributed by atoms with E-state index in [4.69, 9.17) is 27.6 Å². The molecule has 0 aliphatic heterocycles. The molecule has 1 nitrogen and oxygen atoms in total. The lowest BCUT2D eigenvalue weighted by Gasteiger charge is -2.03. The van der Waals surface area contributed by atoms with Crippen molar-refractivity contribution in [2.75, 3.05) is 0 Å². The predicted molar refractivity (Wildman–Crippen MR) is 89.1 cm³/mol. The van der Waals surface area contributed by atoms with Crippen LogP contribution in [0.3, 0.4) is 0 Å². The molecule has 0 N–H and O–H groups in total. The lowest BCUT2D eigenvalue weighted by atomic mass is 10.1. The van der Waals surface area contributed by atoms with E-state index in [1.54, 1.807) is 0 Å². The van der Waals surface area contributed by atoms with E-state index in [0.29, 0.717) is 0 Å². The van der Waals surface area contributed by atoms with Crippen molar-refractivity contribution in [2.45, 2.75) is 13.8 Å². The Kier molecular flexibility index (Phi) is 3.79. The van der Waals surface area contributed by atoms with Gasteiger partial charge in [-0.3, -0.25) is 0 Å². The van der Waals surface area contributed by atoms with Crippen molar-refractivity contribution < 1.29 is 4.42 Å². The molecular formula is C18H14Cl2O. The first-order valence-corrected chi connectivity index (χ1v) is 7.43. The number of benzene rings is 2. The number of hydrogen-bond donors (Lipinski definition) is 0. The average Bonchev–Trinajstić information content (AvgIpc) is 2.94. The third-order valence-corrected chi connectivity index (χ3v) is 4.33. The minimum Gasteiger partial charge on any atom is -0.456 e. The molecule has 3 aromatic rings. The van der Waals surface area contributed by atoms with Gasteiger partial charge in [-0.2, -0.15) is 0 Å². The second-order valence-corrected chi connectivity index (χ2v) is 5.91. The summed E-state index contributed by atoms with van der Waals surface area (Å²) in [6.45, 7) is 3.96. The molecule has 3 heteroatoms. The summed E-state index contributed by atoms with van der Waals surface area (Å²) in [7, 11) is 0. The van der Waals surface area contributed by atoms with Crippen molar-refractivity contribution in [1.29, 1.82) is 0 Å². The van der Waals surface area contributed by atoms with E-state index >= 15 is 0 Å². The lowest BCUT2D eigenvalue weighted by Crippen LogP contribution is -1.79. The fourth-order valence-corrected chi connectivity index (χ4v) is 2.50. The average molecular weight is 317 g/mol. The fraction of sp³-hybridized carbons (Fsp3) is 0.111. The van der Waals surface area contributed by atoms with Crippen molar-refractivity contribution in [2.24, 2.45) is 0 Å². The van der Waals surface area contributed by atoms with Gasteiger partial charge >= 0.3 is 0 Å². The Balaban J connectivity index is 1.99. The number of aryl methyl sites for hydroxylation is 2. The molecule has 0 saturated carbocycles. The van der Waals surface area contributed by atoms with Crippen molar-refractivity contribution in [1.82, 2.24) is 0 Å². The van der Waals surface area contributed by atoms with Gasteiger partial charge in [0.2, 0.25) is 0 Å².